The molecule has 0 bridgehead atoms. The van der Waals surface area contributed by atoms with Crippen molar-refractivity contribution in [3.05, 3.63) is 35.9 Å². The molecule has 1 fully saturated rings. The van der Waals surface area contributed by atoms with Gasteiger partial charge in [0.05, 0.1) is 24.3 Å². The number of anilines is 1. The van der Waals surface area contributed by atoms with Crippen molar-refractivity contribution in [3.63, 3.8) is 0 Å². The van der Waals surface area contributed by atoms with Crippen LogP contribution >= 0.6 is 11.6 Å². The predicted octanol–water partition coefficient (Wildman–Crippen LogP) is 0.426. The third-order valence-corrected chi connectivity index (χ3v) is 4.22. The molecular weight excluding hydrogens is 332 g/mol. The molecule has 1 N–H and O–H groups in total. The summed E-state index contributed by atoms with van der Waals surface area (Å²) in [6.45, 7) is 1.37. The molecule has 1 unspecified atom stereocenters. The second-order valence-electron chi connectivity index (χ2n) is 6.05. The van der Waals surface area contributed by atoms with Crippen molar-refractivity contribution < 1.29 is 9.90 Å². The van der Waals surface area contributed by atoms with Crippen LogP contribution in [0.15, 0.2) is 30.9 Å². The number of hydrogen-bond acceptors (Lipinski definition) is 6. The van der Waals surface area contributed by atoms with Crippen LogP contribution < -0.4 is 4.90 Å². The highest BCUT2D eigenvalue weighted by molar-refractivity contribution is 6.30. The first-order chi connectivity index (χ1) is 11.5. The molecule has 3 rings (SSSR count). The number of rotatable bonds is 5. The molecule has 0 spiro atoms. The van der Waals surface area contributed by atoms with Crippen molar-refractivity contribution in [1.82, 2.24) is 24.6 Å². The normalized spacial score (nSPS) is 20.4. The van der Waals surface area contributed by atoms with Gasteiger partial charge in [0.25, 0.3) is 0 Å². The van der Waals surface area contributed by atoms with Crippen LogP contribution in [0.2, 0.25) is 5.02 Å². The number of hydrogen-bond donors (Lipinski definition) is 1. The predicted molar refractivity (Wildman–Crippen MR) is 88.7 cm³/mol. The van der Waals surface area contributed by atoms with Crippen LogP contribution in [0.4, 0.5) is 5.95 Å². The highest BCUT2D eigenvalue weighted by Gasteiger charge is 2.38. The third kappa shape index (κ3) is 3.82. The number of likely N-dealkylation sites (N-methyl/N-ethyl adjacent to an activating group) is 1. The van der Waals surface area contributed by atoms with Crippen molar-refractivity contribution in [3.8, 4) is 0 Å². The van der Waals surface area contributed by atoms with E-state index in [9.17, 15) is 9.90 Å². The monoisotopic (exact) mass is 350 g/mol. The molecule has 2 aromatic heterocycles. The van der Waals surface area contributed by atoms with Gasteiger partial charge in [-0.3, -0.25) is 9.48 Å². The summed E-state index contributed by atoms with van der Waals surface area (Å²) >= 11 is 5.79. The number of nitrogens with zero attached hydrogens (tertiary/aromatic N) is 6. The highest BCUT2D eigenvalue weighted by atomic mass is 35.5. The Bertz CT molecular complexity index is 709. The van der Waals surface area contributed by atoms with Crippen LogP contribution in [-0.4, -0.2) is 67.9 Å². The SMILES string of the molecule is CN(CC1(O)CCN(c2ncccn2)C1)C(=O)Cn1cc(Cl)cn1. The van der Waals surface area contributed by atoms with E-state index >= 15 is 0 Å². The number of β-amino-alcohol motifs (C(OH)–C–C–N with tert-alkyl or cyclic N) is 1. The van der Waals surface area contributed by atoms with Crippen LogP contribution in [0.3, 0.4) is 0 Å². The lowest BCUT2D eigenvalue weighted by Gasteiger charge is -2.29. The molecule has 1 saturated heterocycles. The smallest absolute Gasteiger partial charge is 0.244 e. The van der Waals surface area contributed by atoms with Gasteiger partial charge >= 0.3 is 0 Å². The number of carbonyl (C=O) groups excluding carboxylic acids is 1. The molecule has 8 nitrogen and oxygen atoms in total. The van der Waals surface area contributed by atoms with E-state index < -0.39 is 5.60 Å². The number of halogens is 1. The highest BCUT2D eigenvalue weighted by Crippen LogP contribution is 2.25. The Kier molecular flexibility index (Phi) is 4.68. The van der Waals surface area contributed by atoms with E-state index in [0.717, 1.165) is 0 Å². The van der Waals surface area contributed by atoms with Crippen molar-refractivity contribution in [1.29, 1.82) is 0 Å². The van der Waals surface area contributed by atoms with E-state index in [-0.39, 0.29) is 19.0 Å². The van der Waals surface area contributed by atoms with E-state index in [1.807, 2.05) is 4.90 Å². The topological polar surface area (TPSA) is 87.4 Å². The Morgan fingerprint density at radius 2 is 2.21 bits per heavy atom. The fourth-order valence-corrected chi connectivity index (χ4v) is 2.98. The van der Waals surface area contributed by atoms with Gasteiger partial charge in [0.15, 0.2) is 0 Å². The van der Waals surface area contributed by atoms with Gasteiger partial charge in [-0.2, -0.15) is 5.10 Å². The molecule has 0 aliphatic carbocycles. The summed E-state index contributed by atoms with van der Waals surface area (Å²) in [5, 5.41) is 15.3. The summed E-state index contributed by atoms with van der Waals surface area (Å²) in [5.74, 6) is 0.450. The van der Waals surface area contributed by atoms with Gasteiger partial charge < -0.3 is 14.9 Å². The standard InChI is InChI=1S/C15H19ClN6O2/c1-20(13(23)9-22-8-12(16)7-19-22)10-15(24)3-6-21(11-15)14-17-4-2-5-18-14/h2,4-5,7-8,24H,3,6,9-11H2,1H3. The third-order valence-electron chi connectivity index (χ3n) is 4.02. The van der Waals surface area contributed by atoms with Crippen LogP contribution in [0, 0.1) is 0 Å². The van der Waals surface area contributed by atoms with Gasteiger partial charge in [0.1, 0.15) is 12.1 Å². The van der Waals surface area contributed by atoms with Crippen molar-refractivity contribution >= 4 is 23.5 Å². The molecule has 0 radical (unpaired) electrons. The zero-order chi connectivity index (χ0) is 17.2. The maximum Gasteiger partial charge on any atom is 0.244 e. The quantitative estimate of drug-likeness (QED) is 0.841. The van der Waals surface area contributed by atoms with Gasteiger partial charge in [0, 0.05) is 32.2 Å². The average molecular weight is 351 g/mol. The van der Waals surface area contributed by atoms with Crippen LogP contribution in [0.25, 0.3) is 0 Å². The molecule has 1 atom stereocenters. The first-order valence-corrected chi connectivity index (χ1v) is 7.99. The number of carbonyl (C=O) groups is 1. The molecule has 1 aliphatic heterocycles. The molecule has 9 heteroatoms. The van der Waals surface area contributed by atoms with E-state index in [0.29, 0.717) is 30.5 Å². The molecule has 0 saturated carbocycles. The second kappa shape index (κ2) is 6.74. The van der Waals surface area contributed by atoms with Crippen LogP contribution in [-0.2, 0) is 11.3 Å². The maximum absolute atomic E-state index is 12.3. The average Bonchev–Trinajstić information content (AvgIpc) is 3.14. The number of aromatic nitrogens is 4. The molecule has 1 aliphatic rings. The van der Waals surface area contributed by atoms with E-state index in [2.05, 4.69) is 15.1 Å². The van der Waals surface area contributed by atoms with Crippen molar-refractivity contribution in [2.45, 2.75) is 18.6 Å². The first-order valence-electron chi connectivity index (χ1n) is 7.61. The van der Waals surface area contributed by atoms with Crippen molar-refractivity contribution in [2.75, 3.05) is 31.6 Å². The molecule has 128 valence electrons. The molecular formula is C15H19ClN6O2. The summed E-state index contributed by atoms with van der Waals surface area (Å²) in [6, 6.07) is 1.75. The molecule has 3 heterocycles. The maximum atomic E-state index is 12.3. The fourth-order valence-electron chi connectivity index (χ4n) is 2.82. The Hall–Kier alpha value is -2.19. The van der Waals surface area contributed by atoms with Gasteiger partial charge in [-0.15, -0.1) is 0 Å². The van der Waals surface area contributed by atoms with Gasteiger partial charge in [-0.25, -0.2) is 9.97 Å². The number of amides is 1. The van der Waals surface area contributed by atoms with E-state index in [1.165, 1.54) is 15.8 Å². The minimum absolute atomic E-state index is 0.0881. The molecule has 24 heavy (non-hydrogen) atoms. The molecule has 2 aromatic rings. The summed E-state index contributed by atoms with van der Waals surface area (Å²) in [4.78, 5) is 24.1. The number of aliphatic hydroxyl groups is 1. The summed E-state index contributed by atoms with van der Waals surface area (Å²) < 4.78 is 1.48. The first kappa shape index (κ1) is 16.7. The minimum Gasteiger partial charge on any atom is -0.386 e. The molecule has 0 aromatic carbocycles. The van der Waals surface area contributed by atoms with Gasteiger partial charge in [0.2, 0.25) is 11.9 Å². The van der Waals surface area contributed by atoms with Crippen LogP contribution in [0.5, 0.6) is 0 Å². The van der Waals surface area contributed by atoms with Crippen LogP contribution in [0.1, 0.15) is 6.42 Å². The Morgan fingerprint density at radius 1 is 1.46 bits per heavy atom. The lowest BCUT2D eigenvalue weighted by molar-refractivity contribution is -0.133. The molecule has 1 amide bonds. The van der Waals surface area contributed by atoms with Crippen molar-refractivity contribution in [2.24, 2.45) is 0 Å². The summed E-state index contributed by atoms with van der Waals surface area (Å²) in [7, 11) is 1.67. The Morgan fingerprint density at radius 3 is 2.88 bits per heavy atom. The lowest BCUT2D eigenvalue weighted by atomic mass is 10.0. The summed E-state index contributed by atoms with van der Waals surface area (Å²) in [6.07, 6.45) is 6.97. The zero-order valence-corrected chi connectivity index (χ0v) is 14.1. The van der Waals surface area contributed by atoms with Gasteiger partial charge in [-0.1, -0.05) is 11.6 Å². The second-order valence-corrected chi connectivity index (χ2v) is 6.49. The minimum atomic E-state index is -0.981. The van der Waals surface area contributed by atoms with E-state index in [4.69, 9.17) is 11.6 Å². The zero-order valence-electron chi connectivity index (χ0n) is 13.3. The van der Waals surface area contributed by atoms with Gasteiger partial charge in [-0.05, 0) is 12.5 Å². The van der Waals surface area contributed by atoms with E-state index in [1.54, 1.807) is 31.7 Å². The largest absolute Gasteiger partial charge is 0.386 e. The fraction of sp³-hybridized carbons (Fsp3) is 0.467. The lowest BCUT2D eigenvalue weighted by Crippen LogP contribution is -2.46. The Labute approximate surface area is 144 Å². The Balaban J connectivity index is 1.57. The summed E-state index contributed by atoms with van der Waals surface area (Å²) in [5.41, 5.74) is -0.981.